The molecule has 0 spiro atoms. The summed E-state index contributed by atoms with van der Waals surface area (Å²) < 4.78 is 73.1. The van der Waals surface area contributed by atoms with Gasteiger partial charge in [0.1, 0.15) is 5.75 Å². The van der Waals surface area contributed by atoms with Crippen LogP contribution in [0.4, 0.5) is 27.6 Å². The minimum Gasteiger partial charge on any atom is -0.482 e. The minimum atomic E-state index is -2.25. The van der Waals surface area contributed by atoms with E-state index in [4.69, 9.17) is 11.2 Å². The number of benzene rings is 2. The van der Waals surface area contributed by atoms with Crippen molar-refractivity contribution in [2.75, 3.05) is 18.1 Å². The Hall–Kier alpha value is -3.08. The Morgan fingerprint density at radius 2 is 1.64 bits per heavy atom. The molecule has 0 aliphatic carbocycles. The maximum Gasteiger partial charge on any atom is 0.265 e. The quantitative estimate of drug-likeness (QED) is 0.358. The van der Waals surface area contributed by atoms with Crippen LogP contribution in [0.15, 0.2) is 18.2 Å². The molecule has 3 nitrogen and oxygen atoms in total. The van der Waals surface area contributed by atoms with E-state index in [1.54, 1.807) is 0 Å². The number of carbonyl (C=O) groups excluding carboxylic acids is 1. The molecule has 128 valence electrons. The zero-order valence-corrected chi connectivity index (χ0v) is 12.4. The van der Waals surface area contributed by atoms with Gasteiger partial charge in [-0.2, -0.15) is 0 Å². The van der Waals surface area contributed by atoms with Crippen molar-refractivity contribution in [3.05, 3.63) is 47.3 Å². The first-order chi connectivity index (χ1) is 11.9. The lowest BCUT2D eigenvalue weighted by Gasteiger charge is -2.28. The molecule has 2 aromatic carbocycles. The summed E-state index contributed by atoms with van der Waals surface area (Å²) in [5.74, 6) is -8.35. The Bertz CT molecular complexity index is 907. The molecule has 1 aliphatic heterocycles. The number of anilines is 1. The summed E-state index contributed by atoms with van der Waals surface area (Å²) in [4.78, 5) is 13.0. The van der Waals surface area contributed by atoms with Gasteiger partial charge in [0.05, 0.1) is 17.8 Å². The molecule has 0 saturated heterocycles. The largest absolute Gasteiger partial charge is 0.482 e. The molecule has 0 N–H and O–H groups in total. The maximum absolute atomic E-state index is 14.0. The van der Waals surface area contributed by atoms with Crippen LogP contribution in [0.25, 0.3) is 11.1 Å². The van der Waals surface area contributed by atoms with Crippen molar-refractivity contribution in [3.8, 4) is 29.2 Å². The van der Waals surface area contributed by atoms with Gasteiger partial charge in [-0.1, -0.05) is 12.0 Å². The molecule has 0 bridgehead atoms. The number of nitrogens with zero attached hydrogens (tertiary/aromatic N) is 1. The van der Waals surface area contributed by atoms with Gasteiger partial charge < -0.3 is 4.74 Å². The number of hydrogen-bond acceptors (Lipinski definition) is 2. The Morgan fingerprint density at radius 1 is 1.04 bits per heavy atom. The number of hydrogen-bond donors (Lipinski definition) is 0. The molecule has 0 radical (unpaired) electrons. The lowest BCUT2D eigenvalue weighted by Crippen LogP contribution is -2.39. The van der Waals surface area contributed by atoms with Crippen LogP contribution in [-0.2, 0) is 4.79 Å². The molecule has 1 amide bonds. The van der Waals surface area contributed by atoms with Gasteiger partial charge in [-0.05, 0) is 17.7 Å². The molecule has 1 heterocycles. The monoisotopic (exact) mass is 353 g/mol. The average molecular weight is 353 g/mol. The highest BCUT2D eigenvalue weighted by atomic mass is 19.2. The first-order valence-corrected chi connectivity index (χ1v) is 6.89. The topological polar surface area (TPSA) is 29.5 Å². The van der Waals surface area contributed by atoms with Crippen molar-refractivity contribution in [3.63, 3.8) is 0 Å². The van der Waals surface area contributed by atoms with Crippen molar-refractivity contribution >= 4 is 11.6 Å². The summed E-state index contributed by atoms with van der Waals surface area (Å²) in [7, 11) is 0. The molecule has 0 aromatic heterocycles. The fourth-order valence-corrected chi connectivity index (χ4v) is 2.48. The third-order valence-electron chi connectivity index (χ3n) is 3.65. The summed E-state index contributed by atoms with van der Waals surface area (Å²) in [5.41, 5.74) is -1.33. The third-order valence-corrected chi connectivity index (χ3v) is 3.65. The fourth-order valence-electron chi connectivity index (χ4n) is 2.48. The molecule has 0 atom stereocenters. The van der Waals surface area contributed by atoms with E-state index in [-0.39, 0.29) is 30.2 Å². The van der Waals surface area contributed by atoms with E-state index in [0.29, 0.717) is 0 Å². The highest BCUT2D eigenvalue weighted by molar-refractivity contribution is 5.99. The van der Waals surface area contributed by atoms with E-state index in [1.807, 2.05) is 0 Å². The summed E-state index contributed by atoms with van der Waals surface area (Å²) in [5, 5.41) is 0. The van der Waals surface area contributed by atoms with Crippen LogP contribution in [-0.4, -0.2) is 19.1 Å². The van der Waals surface area contributed by atoms with Gasteiger partial charge in [0.2, 0.25) is 5.82 Å². The first kappa shape index (κ1) is 16.8. The number of amides is 1. The van der Waals surface area contributed by atoms with Gasteiger partial charge in [0, 0.05) is 0 Å². The average Bonchev–Trinajstić information content (AvgIpc) is 2.61. The lowest BCUT2D eigenvalue weighted by molar-refractivity contribution is -0.121. The summed E-state index contributed by atoms with van der Waals surface area (Å²) in [6, 6.07) is 3.47. The van der Waals surface area contributed by atoms with Crippen molar-refractivity contribution in [1.82, 2.24) is 0 Å². The summed E-state index contributed by atoms with van der Waals surface area (Å²) >= 11 is 0. The van der Waals surface area contributed by atoms with Gasteiger partial charge in [-0.25, -0.2) is 22.0 Å². The predicted molar refractivity (Wildman–Crippen MR) is 78.3 cm³/mol. The minimum absolute atomic E-state index is 0.0793. The van der Waals surface area contributed by atoms with Crippen LogP contribution in [0.1, 0.15) is 0 Å². The first-order valence-electron chi connectivity index (χ1n) is 6.89. The molecule has 0 saturated carbocycles. The number of halogens is 5. The van der Waals surface area contributed by atoms with E-state index in [0.717, 1.165) is 17.0 Å². The van der Waals surface area contributed by atoms with Gasteiger partial charge >= 0.3 is 0 Å². The van der Waals surface area contributed by atoms with Crippen LogP contribution in [0.3, 0.4) is 0 Å². The number of carbonyl (C=O) groups is 1. The van der Waals surface area contributed by atoms with Gasteiger partial charge in [-0.15, -0.1) is 6.42 Å². The highest BCUT2D eigenvalue weighted by Gasteiger charge is 2.29. The van der Waals surface area contributed by atoms with Crippen LogP contribution >= 0.6 is 0 Å². The van der Waals surface area contributed by atoms with Crippen molar-refractivity contribution in [1.29, 1.82) is 0 Å². The van der Waals surface area contributed by atoms with Gasteiger partial charge in [0.25, 0.3) is 5.91 Å². The smallest absolute Gasteiger partial charge is 0.265 e. The predicted octanol–water partition coefficient (Wildman–Crippen LogP) is 3.41. The third kappa shape index (κ3) is 2.58. The van der Waals surface area contributed by atoms with Gasteiger partial charge in [-0.3, -0.25) is 9.69 Å². The van der Waals surface area contributed by atoms with Crippen molar-refractivity contribution in [2.24, 2.45) is 0 Å². The van der Waals surface area contributed by atoms with E-state index in [9.17, 15) is 26.7 Å². The fraction of sp³-hybridized carbons (Fsp3) is 0.118. The molecule has 0 fully saturated rings. The van der Waals surface area contributed by atoms with Crippen LogP contribution in [0.5, 0.6) is 5.75 Å². The molecule has 3 rings (SSSR count). The zero-order chi connectivity index (χ0) is 18.3. The molecule has 2 aromatic rings. The Balaban J connectivity index is 2.22. The van der Waals surface area contributed by atoms with Crippen molar-refractivity contribution in [2.45, 2.75) is 0 Å². The lowest BCUT2D eigenvalue weighted by atomic mass is 10.0. The number of fused-ring (bicyclic) bond motifs is 1. The van der Waals surface area contributed by atoms with E-state index < -0.39 is 40.6 Å². The SMILES string of the molecule is C#CCN1C(=O)COc2ccc(-c3c(F)c(F)c(F)c(F)c3F)cc21. The molecule has 0 unspecified atom stereocenters. The summed E-state index contributed by atoms with van der Waals surface area (Å²) in [6.07, 6.45) is 5.19. The summed E-state index contributed by atoms with van der Waals surface area (Å²) in [6.45, 7) is -0.424. The highest BCUT2D eigenvalue weighted by Crippen LogP contribution is 2.38. The van der Waals surface area contributed by atoms with E-state index in [1.165, 1.54) is 6.07 Å². The van der Waals surface area contributed by atoms with Crippen LogP contribution < -0.4 is 9.64 Å². The number of rotatable bonds is 2. The molecular weight excluding hydrogens is 345 g/mol. The number of terminal acetylenes is 1. The Kier molecular flexibility index (Phi) is 4.08. The number of ether oxygens (including phenoxy) is 1. The van der Waals surface area contributed by atoms with E-state index in [2.05, 4.69) is 5.92 Å². The second-order valence-electron chi connectivity index (χ2n) is 5.10. The maximum atomic E-state index is 14.0. The normalized spacial score (nSPS) is 13.3. The zero-order valence-electron chi connectivity index (χ0n) is 12.4. The van der Waals surface area contributed by atoms with Crippen LogP contribution in [0.2, 0.25) is 0 Å². The molecular formula is C17H8F5NO2. The Labute approximate surface area is 138 Å². The van der Waals surface area contributed by atoms with Crippen LogP contribution in [0, 0.1) is 41.4 Å². The molecule has 25 heavy (non-hydrogen) atoms. The van der Waals surface area contributed by atoms with E-state index >= 15 is 0 Å². The second kappa shape index (κ2) is 6.09. The van der Waals surface area contributed by atoms with Gasteiger partial charge in [0.15, 0.2) is 29.9 Å². The second-order valence-corrected chi connectivity index (χ2v) is 5.10. The Morgan fingerprint density at radius 3 is 2.24 bits per heavy atom. The standard InChI is InChI=1S/C17H8F5NO2/c1-2-5-23-9-6-8(3-4-10(9)25-7-11(23)24)12-13(18)15(20)17(22)16(21)14(12)19/h1,3-4,6H,5,7H2. The molecule has 1 aliphatic rings. The van der Waals surface area contributed by atoms with Crippen molar-refractivity contribution < 1.29 is 31.5 Å². The molecule has 8 heteroatoms.